The fraction of sp³-hybridized carbons (Fsp3) is 0.300. The fourth-order valence-electron chi connectivity index (χ4n) is 2.96. The first kappa shape index (κ1) is 19.8. The van der Waals surface area contributed by atoms with Crippen molar-refractivity contribution in [2.75, 3.05) is 11.9 Å². The van der Waals surface area contributed by atoms with Gasteiger partial charge in [-0.2, -0.15) is 0 Å². The number of fused-ring (bicyclic) bond motifs is 1. The number of hydrogen-bond donors (Lipinski definition) is 1. The first-order valence-electron chi connectivity index (χ1n) is 8.95. The first-order valence-corrected chi connectivity index (χ1v) is 9.77. The third-order valence-electron chi connectivity index (χ3n) is 4.14. The molecule has 1 aromatic carbocycles. The normalized spacial score (nSPS) is 14.3. The van der Waals surface area contributed by atoms with Crippen LogP contribution in [0.3, 0.4) is 0 Å². The van der Waals surface area contributed by atoms with E-state index in [4.69, 9.17) is 9.57 Å². The maximum Gasteiger partial charge on any atom is 0.341 e. The maximum atomic E-state index is 12.6. The molecular formula is C20H20N2O5S. The number of hydrogen-bond acceptors (Lipinski definition) is 7. The van der Waals surface area contributed by atoms with Crippen molar-refractivity contribution in [2.45, 2.75) is 33.1 Å². The Hall–Kier alpha value is -3.00. The first-order chi connectivity index (χ1) is 13.5. The number of rotatable bonds is 5. The quantitative estimate of drug-likeness (QED) is 0.468. The molecule has 0 saturated carbocycles. The average Bonchev–Trinajstić information content (AvgIpc) is 3.05. The summed E-state index contributed by atoms with van der Waals surface area (Å²) in [6.45, 7) is 3.23. The molecule has 0 unspecified atom stereocenters. The van der Waals surface area contributed by atoms with E-state index in [2.05, 4.69) is 10.5 Å². The van der Waals surface area contributed by atoms with Gasteiger partial charge in [-0.1, -0.05) is 23.4 Å². The van der Waals surface area contributed by atoms with E-state index in [0.717, 1.165) is 16.9 Å². The molecule has 1 amide bonds. The van der Waals surface area contributed by atoms with Gasteiger partial charge in [0, 0.05) is 12.5 Å². The summed E-state index contributed by atoms with van der Waals surface area (Å²) in [5, 5.41) is 7.17. The van der Waals surface area contributed by atoms with Crippen LogP contribution in [0.5, 0.6) is 0 Å². The summed E-state index contributed by atoms with van der Waals surface area (Å²) in [4.78, 5) is 41.8. The number of amides is 1. The lowest BCUT2D eigenvalue weighted by Gasteiger charge is -2.14. The lowest BCUT2D eigenvalue weighted by molar-refractivity contribution is -0.140. The van der Waals surface area contributed by atoms with Gasteiger partial charge in [0.15, 0.2) is 0 Å². The molecule has 0 atom stereocenters. The summed E-state index contributed by atoms with van der Waals surface area (Å²) >= 11 is 1.24. The zero-order valence-corrected chi connectivity index (χ0v) is 16.4. The highest BCUT2D eigenvalue weighted by Crippen LogP contribution is 2.39. The molecule has 1 aliphatic rings. The van der Waals surface area contributed by atoms with E-state index in [1.54, 1.807) is 31.2 Å². The predicted octanol–water partition coefficient (Wildman–Crippen LogP) is 3.78. The van der Waals surface area contributed by atoms with E-state index in [-0.39, 0.29) is 12.5 Å². The number of carbonyl (C=O) groups excluding carboxylic acids is 3. The average molecular weight is 400 g/mol. The zero-order chi connectivity index (χ0) is 20.1. The molecule has 7 nitrogen and oxygen atoms in total. The molecule has 1 heterocycles. The Labute approximate surface area is 166 Å². The van der Waals surface area contributed by atoms with Gasteiger partial charge in [0.05, 0.1) is 22.8 Å². The molecule has 2 aromatic rings. The number of carbonyl (C=O) groups is 3. The van der Waals surface area contributed by atoms with E-state index in [1.807, 2.05) is 6.07 Å². The van der Waals surface area contributed by atoms with Crippen molar-refractivity contribution in [1.82, 2.24) is 0 Å². The Morgan fingerprint density at radius 3 is 2.61 bits per heavy atom. The smallest absolute Gasteiger partial charge is 0.341 e. The molecule has 8 heteroatoms. The summed E-state index contributed by atoms with van der Waals surface area (Å²) in [6.07, 6.45) is 2.03. The molecular weight excluding hydrogens is 380 g/mol. The van der Waals surface area contributed by atoms with Crippen LogP contribution in [0, 0.1) is 0 Å². The molecule has 1 aromatic heterocycles. The SMILES string of the molecule is CCOC(=O)c1c(NC(=O)c2ccccc2)sc2c1CCC/C2=N\OC(C)=O. The standard InChI is InChI=1S/C20H20N2O5S/c1-3-26-20(25)16-14-10-7-11-15(22-27-12(2)23)17(14)28-19(16)21-18(24)13-8-5-4-6-9-13/h4-6,8-9H,3,7,10-11H2,1-2H3,(H,21,24)/b22-15+. The van der Waals surface area contributed by atoms with Gasteiger partial charge < -0.3 is 14.9 Å². The highest BCUT2D eigenvalue weighted by atomic mass is 32.1. The highest BCUT2D eigenvalue weighted by Gasteiger charge is 2.30. The van der Waals surface area contributed by atoms with Gasteiger partial charge in [-0.15, -0.1) is 11.3 Å². The van der Waals surface area contributed by atoms with Gasteiger partial charge in [-0.3, -0.25) is 4.79 Å². The van der Waals surface area contributed by atoms with Crippen molar-refractivity contribution in [3.63, 3.8) is 0 Å². The number of anilines is 1. The van der Waals surface area contributed by atoms with Crippen LogP contribution in [-0.4, -0.2) is 30.2 Å². The molecule has 28 heavy (non-hydrogen) atoms. The Bertz CT molecular complexity index is 934. The van der Waals surface area contributed by atoms with Crippen molar-refractivity contribution in [3.8, 4) is 0 Å². The second-order valence-electron chi connectivity index (χ2n) is 6.13. The Kier molecular flexibility index (Phi) is 6.20. The van der Waals surface area contributed by atoms with Crippen LogP contribution < -0.4 is 5.32 Å². The van der Waals surface area contributed by atoms with E-state index in [0.29, 0.717) is 34.7 Å². The second kappa shape index (κ2) is 8.79. The number of nitrogens with zero attached hydrogens (tertiary/aromatic N) is 1. The molecule has 1 aliphatic carbocycles. The number of nitrogens with one attached hydrogen (secondary N) is 1. The van der Waals surface area contributed by atoms with E-state index >= 15 is 0 Å². The summed E-state index contributed by atoms with van der Waals surface area (Å²) < 4.78 is 5.20. The van der Waals surface area contributed by atoms with Gasteiger partial charge in [0.1, 0.15) is 5.00 Å². The van der Waals surface area contributed by atoms with Crippen LogP contribution in [0.2, 0.25) is 0 Å². The second-order valence-corrected chi connectivity index (χ2v) is 7.15. The molecule has 146 valence electrons. The fourth-order valence-corrected chi connectivity index (χ4v) is 4.20. The summed E-state index contributed by atoms with van der Waals surface area (Å²) in [7, 11) is 0. The largest absolute Gasteiger partial charge is 0.462 e. The minimum absolute atomic E-state index is 0.226. The van der Waals surface area contributed by atoms with Crippen molar-refractivity contribution in [3.05, 3.63) is 51.9 Å². The number of esters is 1. The number of thiophene rings is 1. The van der Waals surface area contributed by atoms with Crippen LogP contribution in [-0.2, 0) is 20.8 Å². The van der Waals surface area contributed by atoms with Crippen LogP contribution >= 0.6 is 11.3 Å². The van der Waals surface area contributed by atoms with Crippen LogP contribution in [0.1, 0.15) is 57.8 Å². The highest BCUT2D eigenvalue weighted by molar-refractivity contribution is 7.19. The lowest BCUT2D eigenvalue weighted by atomic mass is 9.94. The minimum Gasteiger partial charge on any atom is -0.462 e. The topological polar surface area (TPSA) is 94.1 Å². The summed E-state index contributed by atoms with van der Waals surface area (Å²) in [5.41, 5.74) is 2.19. The maximum absolute atomic E-state index is 12.6. The third kappa shape index (κ3) is 4.28. The van der Waals surface area contributed by atoms with E-state index in [9.17, 15) is 14.4 Å². The third-order valence-corrected chi connectivity index (χ3v) is 5.33. The van der Waals surface area contributed by atoms with Gasteiger partial charge in [0.25, 0.3) is 5.91 Å². The molecule has 1 N–H and O–H groups in total. The van der Waals surface area contributed by atoms with Crippen molar-refractivity contribution >= 4 is 39.9 Å². The van der Waals surface area contributed by atoms with Crippen LogP contribution in [0.15, 0.2) is 35.5 Å². The van der Waals surface area contributed by atoms with Gasteiger partial charge >= 0.3 is 11.9 Å². The zero-order valence-electron chi connectivity index (χ0n) is 15.6. The van der Waals surface area contributed by atoms with Crippen molar-refractivity contribution < 1.29 is 24.0 Å². The number of oxime groups is 1. The Balaban J connectivity index is 2.01. The summed E-state index contributed by atoms with van der Waals surface area (Å²) in [5.74, 6) is -1.32. The monoisotopic (exact) mass is 400 g/mol. The Morgan fingerprint density at radius 2 is 1.93 bits per heavy atom. The van der Waals surface area contributed by atoms with Gasteiger partial charge in [-0.25, -0.2) is 9.59 Å². The molecule has 0 saturated heterocycles. The van der Waals surface area contributed by atoms with Gasteiger partial charge in [-0.05, 0) is 43.9 Å². The molecule has 0 fully saturated rings. The lowest BCUT2D eigenvalue weighted by Crippen LogP contribution is -2.16. The van der Waals surface area contributed by atoms with Crippen molar-refractivity contribution in [2.24, 2.45) is 5.16 Å². The van der Waals surface area contributed by atoms with E-state index in [1.165, 1.54) is 18.3 Å². The minimum atomic E-state index is -0.514. The van der Waals surface area contributed by atoms with E-state index < -0.39 is 11.9 Å². The Morgan fingerprint density at radius 1 is 1.18 bits per heavy atom. The molecule has 3 rings (SSSR count). The predicted molar refractivity (Wildman–Crippen MR) is 106 cm³/mol. The molecule has 0 aliphatic heterocycles. The van der Waals surface area contributed by atoms with Crippen molar-refractivity contribution in [1.29, 1.82) is 0 Å². The summed E-state index contributed by atoms with van der Waals surface area (Å²) in [6, 6.07) is 8.75. The number of benzene rings is 1. The van der Waals surface area contributed by atoms with Gasteiger partial charge in [0.2, 0.25) is 0 Å². The number of ether oxygens (including phenoxy) is 1. The molecule has 0 spiro atoms. The van der Waals surface area contributed by atoms with Crippen LogP contribution in [0.25, 0.3) is 0 Å². The molecule has 0 bridgehead atoms. The molecule has 0 radical (unpaired) electrons. The van der Waals surface area contributed by atoms with Crippen LogP contribution in [0.4, 0.5) is 5.00 Å².